The molecule has 1 amide bonds. The number of halogens is 1. The van der Waals surface area contributed by atoms with Crippen LogP contribution in [0.25, 0.3) is 16.4 Å². The van der Waals surface area contributed by atoms with Crippen LogP contribution in [0, 0.1) is 0 Å². The van der Waals surface area contributed by atoms with E-state index in [-0.39, 0.29) is 23.8 Å². The molecule has 0 spiro atoms. The van der Waals surface area contributed by atoms with Crippen LogP contribution in [0.4, 0.5) is 5.82 Å². The average Bonchev–Trinajstić information content (AvgIpc) is 3.66. The Morgan fingerprint density at radius 3 is 2.85 bits per heavy atom. The molecule has 1 fully saturated rings. The van der Waals surface area contributed by atoms with Gasteiger partial charge in [-0.15, -0.1) is 11.3 Å². The summed E-state index contributed by atoms with van der Waals surface area (Å²) in [6, 6.07) is 11.0. The average molecular weight is 560 g/mol. The van der Waals surface area contributed by atoms with Crippen molar-refractivity contribution in [2.24, 2.45) is 5.73 Å². The highest BCUT2D eigenvalue weighted by Crippen LogP contribution is 2.35. The summed E-state index contributed by atoms with van der Waals surface area (Å²) >= 11 is 7.46. The number of carbonyl (C=O) groups excluding carboxylic acids is 2. The molecule has 4 N–H and O–H groups in total. The number of carbonyl (C=O) groups is 2. The summed E-state index contributed by atoms with van der Waals surface area (Å²) in [6.45, 7) is 0.397. The van der Waals surface area contributed by atoms with Crippen molar-refractivity contribution in [3.63, 3.8) is 0 Å². The third-order valence-electron chi connectivity index (χ3n) is 7.05. The van der Waals surface area contributed by atoms with Crippen molar-refractivity contribution in [1.29, 1.82) is 0 Å². The highest BCUT2D eigenvalue weighted by molar-refractivity contribution is 7.09. The molecule has 5 heterocycles. The van der Waals surface area contributed by atoms with Crippen molar-refractivity contribution in [1.82, 2.24) is 24.3 Å². The third kappa shape index (κ3) is 5.10. The van der Waals surface area contributed by atoms with Gasteiger partial charge in [0.1, 0.15) is 27.9 Å². The lowest BCUT2D eigenvalue weighted by molar-refractivity contribution is 0.0728. The number of nitrogens with two attached hydrogens (primary N) is 2. The van der Waals surface area contributed by atoms with E-state index in [2.05, 4.69) is 21.0 Å². The van der Waals surface area contributed by atoms with Gasteiger partial charge in [-0.05, 0) is 48.4 Å². The van der Waals surface area contributed by atoms with Gasteiger partial charge >= 0.3 is 0 Å². The van der Waals surface area contributed by atoms with E-state index in [1.54, 1.807) is 45.4 Å². The fourth-order valence-corrected chi connectivity index (χ4v) is 6.21. The van der Waals surface area contributed by atoms with Gasteiger partial charge in [0.2, 0.25) is 0 Å². The number of likely N-dealkylation sites (tertiary alicyclic amines) is 1. The number of imidazole rings is 1. The Morgan fingerprint density at radius 1 is 1.10 bits per heavy atom. The molecule has 0 bridgehead atoms. The number of Topliss-reactive ketones (excluding diaryl/α,β-unsaturated/α-hetero) is 1. The minimum atomic E-state index is -0.299. The lowest BCUT2D eigenvalue weighted by atomic mass is 10.0. The first-order valence-corrected chi connectivity index (χ1v) is 13.9. The fourth-order valence-electron chi connectivity index (χ4n) is 5.10. The van der Waals surface area contributed by atoms with Crippen molar-refractivity contribution >= 4 is 56.9 Å². The van der Waals surface area contributed by atoms with Crippen LogP contribution in [0.2, 0.25) is 5.02 Å². The van der Waals surface area contributed by atoms with Crippen LogP contribution in [-0.2, 0) is 6.42 Å². The van der Waals surface area contributed by atoms with Crippen molar-refractivity contribution in [2.45, 2.75) is 37.8 Å². The van der Waals surface area contributed by atoms with Crippen LogP contribution >= 0.6 is 22.9 Å². The predicted molar refractivity (Wildman–Crippen MR) is 152 cm³/mol. The lowest BCUT2D eigenvalue weighted by Crippen LogP contribution is -2.33. The third-order valence-corrected chi connectivity index (χ3v) is 8.22. The molecule has 0 aliphatic carbocycles. The van der Waals surface area contributed by atoms with E-state index in [1.165, 1.54) is 11.3 Å². The minimum Gasteiger partial charge on any atom is -0.383 e. The number of nitrogen functional groups attached to an aromatic ring is 1. The summed E-state index contributed by atoms with van der Waals surface area (Å²) in [7, 11) is 0. The summed E-state index contributed by atoms with van der Waals surface area (Å²) < 4.78 is 1.73. The number of nitrogens with zero attached hydrogens (tertiary/aromatic N) is 5. The van der Waals surface area contributed by atoms with E-state index in [0.717, 1.165) is 22.8 Å². The Morgan fingerprint density at radius 2 is 1.97 bits per heavy atom. The summed E-state index contributed by atoms with van der Waals surface area (Å²) in [5.74, 6) is 0.285. The van der Waals surface area contributed by atoms with Gasteiger partial charge < -0.3 is 20.8 Å². The molecular formula is C28H26ClN7O2S. The van der Waals surface area contributed by atoms with Crippen LogP contribution in [0.3, 0.4) is 0 Å². The maximum atomic E-state index is 13.4. The van der Waals surface area contributed by atoms with E-state index in [0.29, 0.717) is 58.7 Å². The molecule has 4 aromatic heterocycles. The van der Waals surface area contributed by atoms with E-state index in [1.807, 2.05) is 18.2 Å². The van der Waals surface area contributed by atoms with Crippen LogP contribution in [0.15, 0.2) is 60.4 Å². The van der Waals surface area contributed by atoms with E-state index in [4.69, 9.17) is 23.1 Å². The Labute approximate surface area is 233 Å². The van der Waals surface area contributed by atoms with Gasteiger partial charge in [0.15, 0.2) is 5.78 Å². The Balaban J connectivity index is 1.12. The number of anilines is 1. The molecule has 1 aliphatic heterocycles. The molecule has 0 unspecified atom stereocenters. The SMILES string of the molecule is Nc1nccc2cc(CCCC(=O)c3csc([C@@H]4C[C@@H](N)CN4C(=O)c4cn5cc(Cl)ccc5n4)n3)ccc12. The number of aryl methyl sites for hydroxylation is 1. The number of fused-ring (bicyclic) bond motifs is 2. The minimum absolute atomic E-state index is 0.0101. The molecule has 5 aromatic rings. The van der Waals surface area contributed by atoms with Gasteiger partial charge in [0.05, 0.1) is 11.1 Å². The van der Waals surface area contributed by atoms with Crippen LogP contribution in [0.1, 0.15) is 56.9 Å². The molecule has 1 saturated heterocycles. The van der Waals surface area contributed by atoms with Gasteiger partial charge in [0.25, 0.3) is 5.91 Å². The number of rotatable bonds is 7. The molecule has 0 radical (unpaired) electrons. The topological polar surface area (TPSA) is 132 Å². The number of aromatic nitrogens is 4. The summed E-state index contributed by atoms with van der Waals surface area (Å²) in [5, 5.41) is 5.02. The van der Waals surface area contributed by atoms with Gasteiger partial charge in [0, 0.05) is 48.4 Å². The zero-order valence-corrected chi connectivity index (χ0v) is 22.5. The molecule has 1 aliphatic rings. The van der Waals surface area contributed by atoms with Crippen LogP contribution < -0.4 is 11.5 Å². The molecule has 2 atom stereocenters. The quantitative estimate of drug-likeness (QED) is 0.276. The Bertz CT molecular complexity index is 1710. The smallest absolute Gasteiger partial charge is 0.274 e. The predicted octanol–water partition coefficient (Wildman–Crippen LogP) is 4.69. The summed E-state index contributed by atoms with van der Waals surface area (Å²) in [6.07, 6.45) is 7.51. The number of ketones is 1. The summed E-state index contributed by atoms with van der Waals surface area (Å²) in [4.78, 5) is 41.3. The molecular weight excluding hydrogens is 534 g/mol. The number of benzene rings is 1. The van der Waals surface area contributed by atoms with Crippen molar-refractivity contribution in [3.8, 4) is 0 Å². The number of hydrogen-bond acceptors (Lipinski definition) is 8. The second kappa shape index (κ2) is 10.4. The first-order chi connectivity index (χ1) is 18.9. The highest BCUT2D eigenvalue weighted by Gasteiger charge is 2.37. The second-order valence-corrected chi connectivity index (χ2v) is 11.1. The van der Waals surface area contributed by atoms with Crippen molar-refractivity contribution in [3.05, 3.63) is 87.4 Å². The van der Waals surface area contributed by atoms with Crippen LogP contribution in [0.5, 0.6) is 0 Å². The molecule has 11 heteroatoms. The first-order valence-electron chi connectivity index (χ1n) is 12.7. The molecule has 39 heavy (non-hydrogen) atoms. The zero-order chi connectivity index (χ0) is 27.1. The molecule has 1 aromatic carbocycles. The van der Waals surface area contributed by atoms with E-state index < -0.39 is 0 Å². The van der Waals surface area contributed by atoms with E-state index >= 15 is 0 Å². The Kier molecular flexibility index (Phi) is 6.76. The maximum Gasteiger partial charge on any atom is 0.274 e. The monoisotopic (exact) mass is 559 g/mol. The lowest BCUT2D eigenvalue weighted by Gasteiger charge is -2.21. The van der Waals surface area contributed by atoms with Crippen molar-refractivity contribution < 1.29 is 9.59 Å². The standard InChI is InChI=1S/C28H26ClN7O2S/c29-18-5-7-25-33-21(14-35(25)12-18)28(38)36-13-19(30)11-23(36)27-34-22(15-39-27)24(37)3-1-2-16-4-6-20-17(10-16)8-9-32-26(20)31/h4-10,12,14-15,19,23H,1-3,11,13,30H2,(H2,31,32)/t19-,23+/m1/s1. The molecule has 0 saturated carbocycles. The van der Waals surface area contributed by atoms with Gasteiger partial charge in [-0.3, -0.25) is 9.59 Å². The van der Waals surface area contributed by atoms with E-state index in [9.17, 15) is 9.59 Å². The van der Waals surface area contributed by atoms with Crippen LogP contribution in [-0.4, -0.2) is 48.5 Å². The van der Waals surface area contributed by atoms with Gasteiger partial charge in [-0.2, -0.15) is 0 Å². The highest BCUT2D eigenvalue weighted by atomic mass is 35.5. The normalized spacial score (nSPS) is 17.3. The molecule has 6 rings (SSSR count). The molecule has 198 valence electrons. The zero-order valence-electron chi connectivity index (χ0n) is 21.0. The van der Waals surface area contributed by atoms with Gasteiger partial charge in [-0.25, -0.2) is 15.0 Å². The largest absolute Gasteiger partial charge is 0.383 e. The second-order valence-electron chi connectivity index (χ2n) is 9.81. The maximum absolute atomic E-state index is 13.4. The number of amides is 1. The summed E-state index contributed by atoms with van der Waals surface area (Å²) in [5.41, 5.74) is 14.7. The van der Waals surface area contributed by atoms with Gasteiger partial charge in [-0.1, -0.05) is 29.8 Å². The number of hydrogen-bond donors (Lipinski definition) is 2. The van der Waals surface area contributed by atoms with Crippen molar-refractivity contribution in [2.75, 3.05) is 12.3 Å². The Hall–Kier alpha value is -3.86. The number of pyridine rings is 2. The fraction of sp³-hybridized carbons (Fsp3) is 0.250. The first kappa shape index (κ1) is 25.4. The molecule has 9 nitrogen and oxygen atoms in total. The number of thiazole rings is 1.